The minimum Gasteiger partial charge on any atom is -0.414 e. The molecule has 2 nitrogen and oxygen atoms in total. The van der Waals surface area contributed by atoms with E-state index in [0.29, 0.717) is 10.0 Å². The summed E-state index contributed by atoms with van der Waals surface area (Å²) in [6, 6.07) is 5.46. The maximum Gasteiger partial charge on any atom is 0.192 e. The van der Waals surface area contributed by atoms with Gasteiger partial charge in [-0.1, -0.05) is 50.0 Å². The van der Waals surface area contributed by atoms with Crippen molar-refractivity contribution in [1.29, 1.82) is 0 Å². The van der Waals surface area contributed by atoms with Gasteiger partial charge in [0.15, 0.2) is 8.32 Å². The average molecular weight is 359 g/mol. The van der Waals surface area contributed by atoms with E-state index in [4.69, 9.17) is 27.6 Å². The molecule has 0 aliphatic heterocycles. The molecule has 1 aliphatic rings. The highest BCUT2D eigenvalue weighted by molar-refractivity contribution is 6.74. The van der Waals surface area contributed by atoms with Gasteiger partial charge in [0.05, 0.1) is 15.5 Å². The van der Waals surface area contributed by atoms with Gasteiger partial charge in [0.25, 0.3) is 0 Å². The molecule has 122 valence electrons. The van der Waals surface area contributed by atoms with Crippen molar-refractivity contribution in [2.45, 2.75) is 63.3 Å². The molecule has 1 fully saturated rings. The molecular formula is C17H24Cl2O2Si. The largest absolute Gasteiger partial charge is 0.414 e. The molecule has 1 aromatic carbocycles. The van der Waals surface area contributed by atoms with Crippen molar-refractivity contribution in [2.75, 3.05) is 0 Å². The molecule has 0 saturated heterocycles. The van der Waals surface area contributed by atoms with Crippen molar-refractivity contribution in [3.63, 3.8) is 0 Å². The zero-order valence-electron chi connectivity index (χ0n) is 13.9. The highest BCUT2D eigenvalue weighted by atomic mass is 35.5. The summed E-state index contributed by atoms with van der Waals surface area (Å²) in [5.74, 6) is 0. The van der Waals surface area contributed by atoms with E-state index in [-0.39, 0.29) is 11.1 Å². The van der Waals surface area contributed by atoms with Crippen molar-refractivity contribution in [3.8, 4) is 0 Å². The van der Waals surface area contributed by atoms with Crippen LogP contribution >= 0.6 is 23.2 Å². The first-order valence-corrected chi connectivity index (χ1v) is 11.3. The van der Waals surface area contributed by atoms with Crippen LogP contribution < -0.4 is 0 Å². The number of halogens is 2. The lowest BCUT2D eigenvalue weighted by molar-refractivity contribution is -0.119. The second-order valence-corrected chi connectivity index (χ2v) is 13.4. The Morgan fingerprint density at radius 3 is 2.27 bits per heavy atom. The third-order valence-electron chi connectivity index (χ3n) is 5.17. The van der Waals surface area contributed by atoms with E-state index >= 15 is 0 Å². The second-order valence-electron chi connectivity index (χ2n) is 7.81. The van der Waals surface area contributed by atoms with Gasteiger partial charge in [0.2, 0.25) is 0 Å². The number of carbonyl (C=O) groups excluding carboxylic acids is 1. The molecule has 0 radical (unpaired) electrons. The lowest BCUT2D eigenvalue weighted by atomic mass is 9.64. The van der Waals surface area contributed by atoms with Crippen molar-refractivity contribution >= 4 is 37.8 Å². The Hall–Kier alpha value is -0.353. The van der Waals surface area contributed by atoms with Gasteiger partial charge >= 0.3 is 0 Å². The van der Waals surface area contributed by atoms with Crippen LogP contribution in [-0.2, 0) is 14.6 Å². The molecule has 0 amide bonds. The molecule has 0 unspecified atom stereocenters. The van der Waals surface area contributed by atoms with E-state index in [1.807, 2.05) is 6.07 Å². The molecule has 2 rings (SSSR count). The predicted octanol–water partition coefficient (Wildman–Crippen LogP) is 5.61. The molecule has 1 saturated carbocycles. The van der Waals surface area contributed by atoms with E-state index in [2.05, 4.69) is 33.9 Å². The van der Waals surface area contributed by atoms with E-state index in [9.17, 15) is 4.79 Å². The Morgan fingerprint density at radius 2 is 1.82 bits per heavy atom. The van der Waals surface area contributed by atoms with E-state index in [1.165, 1.54) is 0 Å². The van der Waals surface area contributed by atoms with Crippen LogP contribution in [0.3, 0.4) is 0 Å². The minimum atomic E-state index is -1.80. The predicted molar refractivity (Wildman–Crippen MR) is 95.5 cm³/mol. The number of hydrogen-bond acceptors (Lipinski definition) is 2. The summed E-state index contributed by atoms with van der Waals surface area (Å²) in [7, 11) is -1.80. The van der Waals surface area contributed by atoms with Gasteiger partial charge in [-0.25, -0.2) is 0 Å². The Labute approximate surface area is 144 Å². The fraction of sp³-hybridized carbons (Fsp3) is 0.588. The van der Waals surface area contributed by atoms with Crippen LogP contribution in [-0.4, -0.2) is 20.7 Å². The molecule has 0 bridgehead atoms. The van der Waals surface area contributed by atoms with Crippen LogP contribution in [0.4, 0.5) is 0 Å². The van der Waals surface area contributed by atoms with Crippen molar-refractivity contribution in [1.82, 2.24) is 0 Å². The third kappa shape index (κ3) is 3.28. The van der Waals surface area contributed by atoms with Crippen LogP contribution in [0.15, 0.2) is 18.2 Å². The SMILES string of the molecule is CC(C)(C)[Si](C)(C)O[C@H]1C[C@@](C=O)(c2ccc(Cl)c(Cl)c2)C1. The molecule has 0 N–H and O–H groups in total. The van der Waals surface area contributed by atoms with Gasteiger partial charge in [-0.2, -0.15) is 0 Å². The molecule has 0 heterocycles. The normalized spacial score (nSPS) is 25.7. The average Bonchev–Trinajstić information content (AvgIpc) is 2.35. The number of aldehydes is 1. The van der Waals surface area contributed by atoms with Gasteiger partial charge < -0.3 is 9.22 Å². The van der Waals surface area contributed by atoms with Crippen molar-refractivity contribution in [2.24, 2.45) is 0 Å². The lowest BCUT2D eigenvalue weighted by Crippen LogP contribution is -2.53. The van der Waals surface area contributed by atoms with Gasteiger partial charge in [0.1, 0.15) is 6.29 Å². The minimum absolute atomic E-state index is 0.153. The third-order valence-corrected chi connectivity index (χ3v) is 10.4. The van der Waals surface area contributed by atoms with Gasteiger partial charge in [0, 0.05) is 6.10 Å². The Kier molecular flexibility index (Phi) is 4.85. The first kappa shape index (κ1) is 18.0. The standard InChI is InChI=1S/C17H24Cl2O2Si/c1-16(2,3)22(4,5)21-13-9-17(10-13,11-20)12-6-7-14(18)15(19)8-12/h6-8,11,13H,9-10H2,1-5H3/t13-,17+. The Bertz CT molecular complexity index is 573. The number of hydrogen-bond donors (Lipinski definition) is 0. The topological polar surface area (TPSA) is 26.3 Å². The summed E-state index contributed by atoms with van der Waals surface area (Å²) in [6.45, 7) is 11.2. The fourth-order valence-corrected chi connectivity index (χ4v) is 4.29. The molecule has 0 atom stereocenters. The fourth-order valence-electron chi connectivity index (χ4n) is 2.64. The summed E-state index contributed by atoms with van der Waals surface area (Å²) < 4.78 is 6.39. The maximum atomic E-state index is 11.7. The van der Waals surface area contributed by atoms with Gasteiger partial charge in [-0.15, -0.1) is 0 Å². The number of rotatable bonds is 4. The van der Waals surface area contributed by atoms with Crippen LogP contribution in [0.2, 0.25) is 28.2 Å². The number of carbonyl (C=O) groups is 1. The molecule has 0 aromatic heterocycles. The Balaban J connectivity index is 2.12. The summed E-state index contributed by atoms with van der Waals surface area (Å²) in [6.07, 6.45) is 2.64. The molecular weight excluding hydrogens is 335 g/mol. The molecule has 22 heavy (non-hydrogen) atoms. The van der Waals surface area contributed by atoms with Gasteiger partial charge in [-0.05, 0) is 48.7 Å². The van der Waals surface area contributed by atoms with Crippen LogP contribution in [0.25, 0.3) is 0 Å². The summed E-state index contributed by atoms with van der Waals surface area (Å²) in [5.41, 5.74) is 0.466. The Morgan fingerprint density at radius 1 is 1.23 bits per heavy atom. The van der Waals surface area contributed by atoms with Crippen molar-refractivity contribution in [3.05, 3.63) is 33.8 Å². The lowest BCUT2D eigenvalue weighted by Gasteiger charge is -2.49. The second kappa shape index (κ2) is 5.93. The molecule has 1 aliphatic carbocycles. The van der Waals surface area contributed by atoms with E-state index < -0.39 is 13.7 Å². The maximum absolute atomic E-state index is 11.7. The highest BCUT2D eigenvalue weighted by Gasteiger charge is 2.50. The molecule has 5 heteroatoms. The summed E-state index contributed by atoms with van der Waals surface area (Å²) in [4.78, 5) is 11.7. The van der Waals surface area contributed by atoms with E-state index in [1.54, 1.807) is 12.1 Å². The zero-order valence-corrected chi connectivity index (χ0v) is 16.4. The van der Waals surface area contributed by atoms with Crippen molar-refractivity contribution < 1.29 is 9.22 Å². The summed E-state index contributed by atoms with van der Waals surface area (Å²) in [5, 5.41) is 1.18. The van der Waals surface area contributed by atoms with Crippen LogP contribution in [0, 0.1) is 0 Å². The smallest absolute Gasteiger partial charge is 0.192 e. The first-order chi connectivity index (χ1) is 10.0. The first-order valence-electron chi connectivity index (χ1n) is 7.60. The van der Waals surface area contributed by atoms with E-state index in [0.717, 1.165) is 24.7 Å². The molecule has 1 aromatic rings. The summed E-state index contributed by atoms with van der Waals surface area (Å²) >= 11 is 12.1. The zero-order chi connectivity index (χ0) is 16.8. The monoisotopic (exact) mass is 358 g/mol. The molecule has 0 spiro atoms. The van der Waals surface area contributed by atoms with Crippen LogP contribution in [0.1, 0.15) is 39.2 Å². The number of benzene rings is 1. The van der Waals surface area contributed by atoms with Crippen LogP contribution in [0.5, 0.6) is 0 Å². The highest BCUT2D eigenvalue weighted by Crippen LogP contribution is 2.48. The quantitative estimate of drug-likeness (QED) is 0.516. The van der Waals surface area contributed by atoms with Gasteiger partial charge in [-0.3, -0.25) is 0 Å².